The molecule has 0 saturated heterocycles. The van der Waals surface area contributed by atoms with Crippen molar-refractivity contribution in [3.8, 4) is 5.75 Å². The molecule has 0 bridgehead atoms. The number of ether oxygens (including phenoxy) is 2. The van der Waals surface area contributed by atoms with Crippen LogP contribution < -0.4 is 4.74 Å². The lowest BCUT2D eigenvalue weighted by atomic mass is 9.98. The summed E-state index contributed by atoms with van der Waals surface area (Å²) < 4.78 is 37.4. The number of hydrogen-bond donors (Lipinski definition) is 0. The first-order chi connectivity index (χ1) is 13.9. The van der Waals surface area contributed by atoms with Crippen molar-refractivity contribution in [1.29, 1.82) is 0 Å². The van der Waals surface area contributed by atoms with Gasteiger partial charge in [-0.2, -0.15) is 0 Å². The summed E-state index contributed by atoms with van der Waals surface area (Å²) in [5.41, 5.74) is 0.897. The van der Waals surface area contributed by atoms with Crippen molar-refractivity contribution in [2.45, 2.75) is 32.6 Å². The predicted octanol–water partition coefficient (Wildman–Crippen LogP) is 5.08. The van der Waals surface area contributed by atoms with E-state index in [-0.39, 0.29) is 31.7 Å². The molecular weight excluding hydrogens is 395 g/mol. The summed E-state index contributed by atoms with van der Waals surface area (Å²) in [6.07, 6.45) is 1.16. The molecule has 0 saturated carbocycles. The molecule has 8 heteroatoms. The third kappa shape index (κ3) is 6.82. The molecule has 0 heterocycles. The van der Waals surface area contributed by atoms with Gasteiger partial charge < -0.3 is 9.47 Å². The maximum Gasteiger partial charge on any atom is 0.474 e. The first kappa shape index (κ1) is 23.4. The van der Waals surface area contributed by atoms with E-state index in [9.17, 15) is 9.36 Å². The molecule has 0 fully saturated rings. The zero-order valence-electron chi connectivity index (χ0n) is 17.4. The lowest BCUT2D eigenvalue weighted by Crippen LogP contribution is -2.14. The monoisotopic (exact) mass is 424 g/mol. The molecule has 29 heavy (non-hydrogen) atoms. The number of unbranched alkanes of at least 4 members (excludes halogenated alkanes) is 1. The summed E-state index contributed by atoms with van der Waals surface area (Å²) in [6, 6.07) is 11.7. The number of carbonyl (C=O) groups is 1. The molecule has 160 valence electrons. The molecule has 0 amide bonds. The molecule has 2 aromatic rings. The molecule has 0 aliphatic carbocycles. The number of rotatable bonds is 12. The van der Waals surface area contributed by atoms with Gasteiger partial charge in [-0.15, -0.1) is 0 Å². The lowest BCUT2D eigenvalue weighted by Gasteiger charge is -2.15. The van der Waals surface area contributed by atoms with E-state index in [1.165, 1.54) is 7.11 Å². The minimum atomic E-state index is -3.46. The minimum Gasteiger partial charge on any atom is -0.497 e. The highest BCUT2D eigenvalue weighted by atomic mass is 31.2. The fourth-order valence-electron chi connectivity index (χ4n) is 2.75. The van der Waals surface area contributed by atoms with Gasteiger partial charge >= 0.3 is 13.8 Å². The summed E-state index contributed by atoms with van der Waals surface area (Å²) in [6.45, 7) is 4.24. The van der Waals surface area contributed by atoms with Crippen LogP contribution in [0.25, 0.3) is 10.8 Å². The Morgan fingerprint density at radius 3 is 2.38 bits per heavy atom. The zero-order valence-corrected chi connectivity index (χ0v) is 18.3. The van der Waals surface area contributed by atoms with Gasteiger partial charge in [-0.25, -0.2) is 4.57 Å². The van der Waals surface area contributed by atoms with Crippen LogP contribution in [0, 0.1) is 0 Å². The average Bonchev–Trinajstić information content (AvgIpc) is 2.74. The second kappa shape index (κ2) is 11.3. The number of esters is 1. The largest absolute Gasteiger partial charge is 0.497 e. The van der Waals surface area contributed by atoms with E-state index in [0.717, 1.165) is 22.1 Å². The van der Waals surface area contributed by atoms with E-state index in [2.05, 4.69) is 0 Å². The van der Waals surface area contributed by atoms with Crippen molar-refractivity contribution in [1.82, 2.24) is 0 Å². The standard InChI is InChI=1S/C21H29O7P/c1-5-27-29(23,25-4)28-13-7-6-12-26-21(22)16(2)17-8-9-19-15-20(24-3)11-10-18(19)14-17/h8-11,14-16H,5-7,12-13H2,1-4H3. The van der Waals surface area contributed by atoms with Gasteiger partial charge in [0.25, 0.3) is 0 Å². The molecule has 0 radical (unpaired) electrons. The summed E-state index contributed by atoms with van der Waals surface area (Å²) in [7, 11) is -0.550. The molecule has 0 aliphatic rings. The number of hydrogen-bond acceptors (Lipinski definition) is 7. The van der Waals surface area contributed by atoms with Crippen LogP contribution in [-0.2, 0) is 27.7 Å². The van der Waals surface area contributed by atoms with Crippen LogP contribution in [0.4, 0.5) is 0 Å². The number of methoxy groups -OCH3 is 1. The van der Waals surface area contributed by atoms with E-state index in [1.807, 2.05) is 43.3 Å². The first-order valence-corrected chi connectivity index (χ1v) is 11.1. The highest BCUT2D eigenvalue weighted by Crippen LogP contribution is 2.48. The minimum absolute atomic E-state index is 0.201. The third-order valence-corrected chi connectivity index (χ3v) is 5.99. The molecular formula is C21H29O7P. The van der Waals surface area contributed by atoms with Gasteiger partial charge in [-0.05, 0) is 55.2 Å². The number of fused-ring (bicyclic) bond motifs is 1. The predicted molar refractivity (Wildman–Crippen MR) is 111 cm³/mol. The van der Waals surface area contributed by atoms with Crippen molar-refractivity contribution in [2.24, 2.45) is 0 Å². The Kier molecular flexibility index (Phi) is 9.11. The smallest absolute Gasteiger partial charge is 0.474 e. The van der Waals surface area contributed by atoms with Crippen LogP contribution in [0.1, 0.15) is 38.2 Å². The molecule has 2 unspecified atom stereocenters. The summed E-state index contributed by atoms with van der Waals surface area (Å²) in [5, 5.41) is 2.09. The fraction of sp³-hybridized carbons (Fsp3) is 0.476. The third-order valence-electron chi connectivity index (χ3n) is 4.47. The molecule has 7 nitrogen and oxygen atoms in total. The number of benzene rings is 2. The van der Waals surface area contributed by atoms with E-state index >= 15 is 0 Å². The first-order valence-electron chi connectivity index (χ1n) is 9.61. The van der Waals surface area contributed by atoms with Crippen LogP contribution in [0.3, 0.4) is 0 Å². The van der Waals surface area contributed by atoms with Gasteiger partial charge in [0.05, 0.1) is 32.8 Å². The van der Waals surface area contributed by atoms with Crippen molar-refractivity contribution in [3.05, 3.63) is 42.0 Å². The van der Waals surface area contributed by atoms with Crippen molar-refractivity contribution in [3.63, 3.8) is 0 Å². The number of phosphoric acid groups is 1. The highest BCUT2D eigenvalue weighted by molar-refractivity contribution is 7.48. The lowest BCUT2D eigenvalue weighted by molar-refractivity contribution is -0.145. The van der Waals surface area contributed by atoms with Gasteiger partial charge in [0.1, 0.15) is 5.75 Å². The second-order valence-electron chi connectivity index (χ2n) is 6.45. The fourth-order valence-corrected chi connectivity index (χ4v) is 3.71. The van der Waals surface area contributed by atoms with Crippen molar-refractivity contribution < 1.29 is 32.4 Å². The summed E-state index contributed by atoms with van der Waals surface area (Å²) in [5.74, 6) is 0.143. The number of phosphoric ester groups is 1. The maximum absolute atomic E-state index is 12.3. The Morgan fingerprint density at radius 1 is 1.00 bits per heavy atom. The molecule has 2 atom stereocenters. The van der Waals surface area contributed by atoms with Crippen molar-refractivity contribution in [2.75, 3.05) is 34.0 Å². The van der Waals surface area contributed by atoms with E-state index < -0.39 is 7.82 Å². The molecule has 0 N–H and O–H groups in total. The van der Waals surface area contributed by atoms with Crippen LogP contribution in [0.2, 0.25) is 0 Å². The molecule has 2 rings (SSSR count). The SMILES string of the molecule is CCOP(=O)(OC)OCCCCOC(=O)C(C)c1ccc2cc(OC)ccc2c1. The quantitative estimate of drug-likeness (QED) is 0.267. The van der Waals surface area contributed by atoms with Gasteiger partial charge in [-0.3, -0.25) is 18.4 Å². The molecule has 0 aromatic heterocycles. The molecule has 0 aliphatic heterocycles. The van der Waals surface area contributed by atoms with Gasteiger partial charge in [0.2, 0.25) is 0 Å². The highest BCUT2D eigenvalue weighted by Gasteiger charge is 2.23. The summed E-state index contributed by atoms with van der Waals surface area (Å²) >= 11 is 0. The van der Waals surface area contributed by atoms with Crippen LogP contribution in [0.15, 0.2) is 36.4 Å². The second-order valence-corrected chi connectivity index (χ2v) is 8.23. The van der Waals surface area contributed by atoms with Crippen LogP contribution >= 0.6 is 7.82 Å². The average molecular weight is 424 g/mol. The normalized spacial score (nSPS) is 14.3. The van der Waals surface area contributed by atoms with Gasteiger partial charge in [0.15, 0.2) is 0 Å². The maximum atomic E-state index is 12.3. The van der Waals surface area contributed by atoms with Crippen LogP contribution in [0.5, 0.6) is 5.75 Å². The van der Waals surface area contributed by atoms with Crippen LogP contribution in [-0.4, -0.2) is 40.0 Å². The number of carbonyl (C=O) groups excluding carboxylic acids is 1. The van der Waals surface area contributed by atoms with E-state index in [1.54, 1.807) is 14.0 Å². The Hall–Kier alpha value is -1.92. The van der Waals surface area contributed by atoms with Gasteiger partial charge in [0, 0.05) is 7.11 Å². The molecule has 0 spiro atoms. The zero-order chi connectivity index (χ0) is 21.3. The Labute approximate surface area is 171 Å². The van der Waals surface area contributed by atoms with E-state index in [0.29, 0.717) is 12.8 Å². The summed E-state index contributed by atoms with van der Waals surface area (Å²) in [4.78, 5) is 12.3. The topological polar surface area (TPSA) is 80.3 Å². The Morgan fingerprint density at radius 2 is 1.69 bits per heavy atom. The Bertz CT molecular complexity index is 852. The van der Waals surface area contributed by atoms with Crippen molar-refractivity contribution >= 4 is 24.6 Å². The Balaban J connectivity index is 1.79. The van der Waals surface area contributed by atoms with E-state index in [4.69, 9.17) is 23.0 Å². The molecule has 2 aromatic carbocycles. The van der Waals surface area contributed by atoms with Gasteiger partial charge in [-0.1, -0.05) is 24.3 Å².